The smallest absolute Gasteiger partial charge is 0.216 e. The van der Waals surface area contributed by atoms with Gasteiger partial charge in [0, 0.05) is 26.6 Å². The molecule has 1 fully saturated rings. The van der Waals surface area contributed by atoms with E-state index in [9.17, 15) is 4.79 Å². The fourth-order valence-electron chi connectivity index (χ4n) is 2.56. The van der Waals surface area contributed by atoms with E-state index in [0.717, 1.165) is 43.9 Å². The monoisotopic (exact) mass is 262 g/mol. The highest BCUT2D eigenvalue weighted by molar-refractivity contribution is 5.72. The van der Waals surface area contributed by atoms with Gasteiger partial charge >= 0.3 is 0 Å². The van der Waals surface area contributed by atoms with E-state index in [0.29, 0.717) is 11.6 Å². The second-order valence-electron chi connectivity index (χ2n) is 5.28. The Kier molecular flexibility index (Phi) is 4.24. The first kappa shape index (κ1) is 13.6. The summed E-state index contributed by atoms with van der Waals surface area (Å²) in [7, 11) is 0. The molecule has 0 saturated carbocycles. The third kappa shape index (κ3) is 3.59. The Hall–Kier alpha value is -1.78. The number of amides is 1. The summed E-state index contributed by atoms with van der Waals surface area (Å²) in [6, 6.07) is 1.96. The van der Waals surface area contributed by atoms with Crippen LogP contribution in [-0.4, -0.2) is 30.5 Å². The van der Waals surface area contributed by atoms with Crippen LogP contribution in [0.5, 0.6) is 0 Å². The minimum absolute atomic E-state index is 0.0541. The average Bonchev–Trinajstić information content (AvgIpc) is 2.37. The molecule has 1 amide bonds. The number of pyridine rings is 1. The van der Waals surface area contributed by atoms with Gasteiger partial charge in [-0.05, 0) is 37.3 Å². The average molecular weight is 262 g/mol. The van der Waals surface area contributed by atoms with Crippen molar-refractivity contribution in [3.8, 4) is 0 Å². The van der Waals surface area contributed by atoms with Crippen molar-refractivity contribution < 1.29 is 4.79 Å². The van der Waals surface area contributed by atoms with Crippen LogP contribution < -0.4 is 16.0 Å². The maximum Gasteiger partial charge on any atom is 0.216 e. The molecule has 0 unspecified atom stereocenters. The van der Waals surface area contributed by atoms with Crippen LogP contribution in [-0.2, 0) is 4.79 Å². The molecule has 0 aromatic carbocycles. The maximum atomic E-state index is 10.9. The first-order chi connectivity index (χ1) is 9.06. The predicted octanol–water partition coefficient (Wildman–Crippen LogP) is 1.32. The minimum Gasteiger partial charge on any atom is -0.397 e. The van der Waals surface area contributed by atoms with Crippen molar-refractivity contribution in [2.45, 2.75) is 26.7 Å². The molecule has 0 aliphatic carbocycles. The number of carbonyl (C=O) groups excluding carboxylic acids is 1. The molecule has 1 aromatic rings. The summed E-state index contributed by atoms with van der Waals surface area (Å²) in [4.78, 5) is 17.6. The first-order valence-corrected chi connectivity index (χ1v) is 6.77. The summed E-state index contributed by atoms with van der Waals surface area (Å²) >= 11 is 0. The molecule has 1 saturated heterocycles. The number of aryl methyl sites for hydroxylation is 1. The number of nitrogens with zero attached hydrogens (tertiary/aromatic N) is 2. The van der Waals surface area contributed by atoms with E-state index in [1.54, 1.807) is 13.1 Å². The predicted molar refractivity (Wildman–Crippen MR) is 77.0 cm³/mol. The molecule has 1 aliphatic rings. The Labute approximate surface area is 114 Å². The molecule has 2 heterocycles. The molecule has 2 rings (SSSR count). The largest absolute Gasteiger partial charge is 0.397 e. The Morgan fingerprint density at radius 1 is 1.53 bits per heavy atom. The topological polar surface area (TPSA) is 71.2 Å². The Morgan fingerprint density at radius 2 is 2.21 bits per heavy atom. The summed E-state index contributed by atoms with van der Waals surface area (Å²) in [6.07, 6.45) is 3.89. The van der Waals surface area contributed by atoms with Gasteiger partial charge in [-0.15, -0.1) is 0 Å². The van der Waals surface area contributed by atoms with Gasteiger partial charge in [0.15, 0.2) is 0 Å². The van der Waals surface area contributed by atoms with Gasteiger partial charge in [-0.25, -0.2) is 4.98 Å². The number of nitrogen functional groups attached to an aromatic ring is 1. The zero-order chi connectivity index (χ0) is 13.8. The maximum absolute atomic E-state index is 10.9. The van der Waals surface area contributed by atoms with Crippen LogP contribution in [0.2, 0.25) is 0 Å². The minimum atomic E-state index is 0.0541. The van der Waals surface area contributed by atoms with E-state index < -0.39 is 0 Å². The fraction of sp³-hybridized carbons (Fsp3) is 0.571. The molecule has 1 aromatic heterocycles. The lowest BCUT2D eigenvalue weighted by molar-refractivity contribution is -0.119. The van der Waals surface area contributed by atoms with Gasteiger partial charge in [0.05, 0.1) is 11.9 Å². The summed E-state index contributed by atoms with van der Waals surface area (Å²) in [5, 5.41) is 2.90. The number of rotatable bonds is 3. The molecule has 0 spiro atoms. The van der Waals surface area contributed by atoms with Crippen LogP contribution in [0.25, 0.3) is 0 Å². The molecule has 5 heteroatoms. The van der Waals surface area contributed by atoms with Gasteiger partial charge < -0.3 is 16.0 Å². The molecule has 19 heavy (non-hydrogen) atoms. The summed E-state index contributed by atoms with van der Waals surface area (Å²) in [5.41, 5.74) is 7.56. The standard InChI is InChI=1S/C14H22N4O/c1-10-7-13(15)9-17-14(10)18-5-3-12(4-6-18)8-16-11(2)19/h7,9,12H,3-6,8,15H2,1-2H3,(H,16,19). The van der Waals surface area contributed by atoms with Gasteiger partial charge in [0.25, 0.3) is 0 Å². The highest BCUT2D eigenvalue weighted by Crippen LogP contribution is 2.24. The molecule has 1 aliphatic heterocycles. The number of nitrogens with one attached hydrogen (secondary N) is 1. The van der Waals surface area contributed by atoms with Crippen LogP contribution in [0, 0.1) is 12.8 Å². The molecular weight excluding hydrogens is 240 g/mol. The summed E-state index contributed by atoms with van der Waals surface area (Å²) in [5.74, 6) is 1.67. The Morgan fingerprint density at radius 3 is 2.79 bits per heavy atom. The van der Waals surface area contributed by atoms with Gasteiger partial charge in [0.1, 0.15) is 5.82 Å². The van der Waals surface area contributed by atoms with E-state index >= 15 is 0 Å². The Balaban J connectivity index is 1.90. The van der Waals surface area contributed by atoms with Crippen LogP contribution >= 0.6 is 0 Å². The number of nitrogens with two attached hydrogens (primary N) is 1. The lowest BCUT2D eigenvalue weighted by Gasteiger charge is -2.33. The highest BCUT2D eigenvalue weighted by Gasteiger charge is 2.21. The van der Waals surface area contributed by atoms with E-state index in [2.05, 4.69) is 15.2 Å². The van der Waals surface area contributed by atoms with Crippen molar-refractivity contribution in [3.05, 3.63) is 17.8 Å². The third-order valence-electron chi connectivity index (χ3n) is 3.63. The van der Waals surface area contributed by atoms with Crippen molar-refractivity contribution >= 4 is 17.4 Å². The van der Waals surface area contributed by atoms with Crippen molar-refractivity contribution in [2.75, 3.05) is 30.3 Å². The summed E-state index contributed by atoms with van der Waals surface area (Å²) < 4.78 is 0. The quantitative estimate of drug-likeness (QED) is 0.862. The van der Waals surface area contributed by atoms with Crippen LogP contribution in [0.15, 0.2) is 12.3 Å². The number of hydrogen-bond acceptors (Lipinski definition) is 4. The second kappa shape index (κ2) is 5.91. The van der Waals surface area contributed by atoms with Gasteiger partial charge in [0.2, 0.25) is 5.91 Å². The van der Waals surface area contributed by atoms with Gasteiger partial charge in [-0.1, -0.05) is 0 Å². The number of aromatic nitrogens is 1. The van der Waals surface area contributed by atoms with Crippen LogP contribution in [0.1, 0.15) is 25.3 Å². The number of carbonyl (C=O) groups is 1. The van der Waals surface area contributed by atoms with E-state index in [-0.39, 0.29) is 5.91 Å². The lowest BCUT2D eigenvalue weighted by Crippen LogP contribution is -2.38. The van der Waals surface area contributed by atoms with Crippen LogP contribution in [0.4, 0.5) is 11.5 Å². The van der Waals surface area contributed by atoms with E-state index in [1.165, 1.54) is 0 Å². The van der Waals surface area contributed by atoms with Crippen molar-refractivity contribution in [1.29, 1.82) is 0 Å². The van der Waals surface area contributed by atoms with E-state index in [4.69, 9.17) is 5.73 Å². The molecule has 5 nitrogen and oxygen atoms in total. The fourth-order valence-corrected chi connectivity index (χ4v) is 2.56. The highest BCUT2D eigenvalue weighted by atomic mass is 16.1. The normalized spacial score (nSPS) is 16.4. The van der Waals surface area contributed by atoms with Gasteiger partial charge in [-0.2, -0.15) is 0 Å². The molecule has 104 valence electrons. The molecular formula is C14H22N4O. The molecule has 0 radical (unpaired) electrons. The zero-order valence-corrected chi connectivity index (χ0v) is 11.6. The number of anilines is 2. The number of piperidine rings is 1. The molecule has 0 atom stereocenters. The lowest BCUT2D eigenvalue weighted by atomic mass is 9.96. The second-order valence-corrected chi connectivity index (χ2v) is 5.28. The van der Waals surface area contributed by atoms with E-state index in [1.807, 2.05) is 13.0 Å². The van der Waals surface area contributed by atoms with Crippen LogP contribution in [0.3, 0.4) is 0 Å². The zero-order valence-electron chi connectivity index (χ0n) is 11.6. The van der Waals surface area contributed by atoms with Gasteiger partial charge in [-0.3, -0.25) is 4.79 Å². The molecule has 0 bridgehead atoms. The van der Waals surface area contributed by atoms with Crippen molar-refractivity contribution in [2.24, 2.45) is 5.92 Å². The SMILES string of the molecule is CC(=O)NCC1CCN(c2ncc(N)cc2C)CC1. The van der Waals surface area contributed by atoms with Crippen molar-refractivity contribution in [1.82, 2.24) is 10.3 Å². The molecule has 3 N–H and O–H groups in total. The third-order valence-corrected chi connectivity index (χ3v) is 3.63. The van der Waals surface area contributed by atoms with Crippen molar-refractivity contribution in [3.63, 3.8) is 0 Å². The Bertz CT molecular complexity index is 453. The first-order valence-electron chi connectivity index (χ1n) is 6.77. The summed E-state index contributed by atoms with van der Waals surface area (Å²) in [6.45, 7) is 6.38. The number of hydrogen-bond donors (Lipinski definition) is 2.